The number of hydrogen-bond donors (Lipinski definition) is 1. The lowest BCUT2D eigenvalue weighted by atomic mass is 9.99. The van der Waals surface area contributed by atoms with Crippen LogP contribution >= 0.6 is 0 Å². The summed E-state index contributed by atoms with van der Waals surface area (Å²) in [5, 5.41) is 2.86. The number of rotatable bonds is 7. The Morgan fingerprint density at radius 3 is 2.41 bits per heavy atom. The first-order valence-electron chi connectivity index (χ1n) is 10.1. The second-order valence-electron chi connectivity index (χ2n) is 7.33. The number of carbonyl (C=O) groups excluding carboxylic acids is 2. The van der Waals surface area contributed by atoms with Crippen LogP contribution in [0, 0.1) is 5.92 Å². The molecular weight excluding hydrogens is 368 g/mol. The van der Waals surface area contributed by atoms with E-state index in [-0.39, 0.29) is 24.3 Å². The van der Waals surface area contributed by atoms with Gasteiger partial charge in [-0.25, -0.2) is 0 Å². The first-order chi connectivity index (χ1) is 14.0. The van der Waals surface area contributed by atoms with Crippen LogP contribution in [0.2, 0.25) is 0 Å². The smallest absolute Gasteiger partial charge is 0.262 e. The van der Waals surface area contributed by atoms with Crippen LogP contribution < -0.4 is 19.7 Å². The fourth-order valence-corrected chi connectivity index (χ4v) is 3.34. The Hall–Kier alpha value is -3.02. The van der Waals surface area contributed by atoms with Gasteiger partial charge in [0, 0.05) is 23.8 Å². The molecule has 1 N–H and O–H groups in total. The van der Waals surface area contributed by atoms with Crippen molar-refractivity contribution < 1.29 is 19.1 Å². The first kappa shape index (κ1) is 20.7. The van der Waals surface area contributed by atoms with Crippen LogP contribution in [0.5, 0.6) is 11.5 Å². The quantitative estimate of drug-likeness (QED) is 0.767. The zero-order valence-electron chi connectivity index (χ0n) is 17.2. The van der Waals surface area contributed by atoms with Crippen LogP contribution in [0.3, 0.4) is 0 Å². The predicted molar refractivity (Wildman–Crippen MR) is 114 cm³/mol. The van der Waals surface area contributed by atoms with Gasteiger partial charge in [0.05, 0.1) is 6.61 Å². The number of ether oxygens (including phenoxy) is 2. The Balaban J connectivity index is 1.62. The maximum atomic E-state index is 12.5. The van der Waals surface area contributed by atoms with Crippen LogP contribution in [-0.4, -0.2) is 31.6 Å². The van der Waals surface area contributed by atoms with Gasteiger partial charge < -0.3 is 19.7 Å². The molecular formula is C23H28N2O4. The van der Waals surface area contributed by atoms with E-state index in [1.54, 1.807) is 24.3 Å². The van der Waals surface area contributed by atoms with Gasteiger partial charge in [0.1, 0.15) is 11.5 Å². The van der Waals surface area contributed by atoms with Crippen LogP contribution in [0.1, 0.15) is 32.8 Å². The molecule has 1 aliphatic heterocycles. The maximum absolute atomic E-state index is 12.5. The third kappa shape index (κ3) is 5.28. The lowest BCUT2D eigenvalue weighted by Crippen LogP contribution is -2.38. The molecule has 1 aliphatic rings. The lowest BCUT2D eigenvalue weighted by Gasteiger charge is -2.31. The summed E-state index contributed by atoms with van der Waals surface area (Å²) < 4.78 is 10.9. The summed E-state index contributed by atoms with van der Waals surface area (Å²) in [4.78, 5) is 26.7. The highest BCUT2D eigenvalue weighted by molar-refractivity contribution is 5.98. The van der Waals surface area contributed by atoms with Gasteiger partial charge in [-0.3, -0.25) is 9.59 Å². The van der Waals surface area contributed by atoms with E-state index in [0.717, 1.165) is 29.8 Å². The Morgan fingerprint density at radius 1 is 1.07 bits per heavy atom. The third-order valence-electron chi connectivity index (χ3n) is 4.75. The second-order valence-corrected chi connectivity index (χ2v) is 7.33. The molecule has 0 saturated heterocycles. The summed E-state index contributed by atoms with van der Waals surface area (Å²) in [5.74, 6) is 1.15. The largest absolute Gasteiger partial charge is 0.494 e. The zero-order chi connectivity index (χ0) is 20.8. The molecule has 0 aliphatic carbocycles. The normalized spacial score (nSPS) is 13.0. The highest BCUT2D eigenvalue weighted by atomic mass is 16.5. The molecule has 2 amide bonds. The number of nitrogens with one attached hydrogen (secondary N) is 1. The van der Waals surface area contributed by atoms with Gasteiger partial charge >= 0.3 is 0 Å². The maximum Gasteiger partial charge on any atom is 0.262 e. The van der Waals surface area contributed by atoms with E-state index in [1.165, 1.54) is 0 Å². The van der Waals surface area contributed by atoms with Gasteiger partial charge in [0.25, 0.3) is 5.91 Å². The highest BCUT2D eigenvalue weighted by Crippen LogP contribution is 2.31. The molecule has 0 saturated carbocycles. The molecule has 0 aromatic heterocycles. The summed E-state index contributed by atoms with van der Waals surface area (Å²) in [7, 11) is 0. The van der Waals surface area contributed by atoms with Gasteiger partial charge in [0.15, 0.2) is 6.61 Å². The number of anilines is 2. The van der Waals surface area contributed by atoms with E-state index in [4.69, 9.17) is 9.47 Å². The molecule has 154 valence electrons. The first-order valence-corrected chi connectivity index (χ1v) is 10.1. The second kappa shape index (κ2) is 9.45. The monoisotopic (exact) mass is 396 g/mol. The van der Waals surface area contributed by atoms with Gasteiger partial charge in [-0.1, -0.05) is 19.9 Å². The van der Waals surface area contributed by atoms with Crippen molar-refractivity contribution in [3.8, 4) is 11.5 Å². The molecule has 1 heterocycles. The molecule has 0 radical (unpaired) electrons. The predicted octanol–water partition coefficient (Wildman–Crippen LogP) is 4.04. The zero-order valence-corrected chi connectivity index (χ0v) is 17.2. The van der Waals surface area contributed by atoms with Crippen molar-refractivity contribution in [1.29, 1.82) is 0 Å². The minimum absolute atomic E-state index is 0.0679. The van der Waals surface area contributed by atoms with Gasteiger partial charge in [0.2, 0.25) is 5.91 Å². The van der Waals surface area contributed by atoms with Crippen molar-refractivity contribution in [2.24, 2.45) is 5.92 Å². The van der Waals surface area contributed by atoms with E-state index in [0.29, 0.717) is 24.6 Å². The van der Waals surface area contributed by atoms with Crippen molar-refractivity contribution in [2.45, 2.75) is 33.6 Å². The molecule has 0 fully saturated rings. The Labute approximate surface area is 171 Å². The number of hydrogen-bond acceptors (Lipinski definition) is 4. The summed E-state index contributed by atoms with van der Waals surface area (Å²) in [6.45, 7) is 6.94. The molecule has 0 atom stereocenters. The van der Waals surface area contributed by atoms with Crippen LogP contribution in [0.4, 0.5) is 11.4 Å². The minimum Gasteiger partial charge on any atom is -0.494 e. The standard InChI is InChI=1S/C23H28N2O4/c1-4-28-19-9-11-20(12-10-19)29-15-22(26)24-18-8-7-17-6-5-13-25(21(17)14-18)23(27)16(2)3/h7-12,14,16H,4-6,13,15H2,1-3H3,(H,24,26). The average molecular weight is 396 g/mol. The minimum atomic E-state index is -0.253. The van der Waals surface area contributed by atoms with Crippen LogP contribution in [0.15, 0.2) is 42.5 Å². The third-order valence-corrected chi connectivity index (χ3v) is 4.75. The van der Waals surface area contributed by atoms with E-state index in [9.17, 15) is 9.59 Å². The average Bonchev–Trinajstić information content (AvgIpc) is 2.72. The SMILES string of the molecule is CCOc1ccc(OCC(=O)Nc2ccc3c(c2)N(C(=O)C(C)C)CCC3)cc1. The molecule has 3 rings (SSSR count). The summed E-state index contributed by atoms with van der Waals surface area (Å²) in [6, 6.07) is 12.9. The van der Waals surface area contributed by atoms with Crippen molar-refractivity contribution in [2.75, 3.05) is 30.0 Å². The Bertz CT molecular complexity index is 862. The van der Waals surface area contributed by atoms with Crippen LogP contribution in [-0.2, 0) is 16.0 Å². The van der Waals surface area contributed by atoms with Gasteiger partial charge in [-0.2, -0.15) is 0 Å². The molecule has 0 spiro atoms. The van der Waals surface area contributed by atoms with E-state index in [1.807, 2.05) is 43.9 Å². The Morgan fingerprint density at radius 2 is 1.76 bits per heavy atom. The fraction of sp³-hybridized carbons (Fsp3) is 0.391. The lowest BCUT2D eigenvalue weighted by molar-refractivity contribution is -0.121. The Kier molecular flexibility index (Phi) is 6.75. The molecule has 0 bridgehead atoms. The summed E-state index contributed by atoms with van der Waals surface area (Å²) in [5.41, 5.74) is 2.68. The summed E-state index contributed by atoms with van der Waals surface area (Å²) in [6.07, 6.45) is 1.89. The summed E-state index contributed by atoms with van der Waals surface area (Å²) >= 11 is 0. The topological polar surface area (TPSA) is 67.9 Å². The molecule has 6 nitrogen and oxygen atoms in total. The van der Waals surface area contributed by atoms with E-state index in [2.05, 4.69) is 5.32 Å². The van der Waals surface area contributed by atoms with Gasteiger partial charge in [-0.05, 0) is 61.7 Å². The fourth-order valence-electron chi connectivity index (χ4n) is 3.34. The number of carbonyl (C=O) groups is 2. The van der Waals surface area contributed by atoms with Gasteiger partial charge in [-0.15, -0.1) is 0 Å². The molecule has 2 aromatic carbocycles. The van der Waals surface area contributed by atoms with Crippen LogP contribution in [0.25, 0.3) is 0 Å². The van der Waals surface area contributed by atoms with Crippen molar-refractivity contribution in [3.63, 3.8) is 0 Å². The molecule has 2 aromatic rings. The molecule has 6 heteroatoms. The number of nitrogens with zero attached hydrogens (tertiary/aromatic N) is 1. The molecule has 29 heavy (non-hydrogen) atoms. The number of aryl methyl sites for hydroxylation is 1. The number of amides is 2. The molecule has 0 unspecified atom stereocenters. The van der Waals surface area contributed by atoms with Crippen molar-refractivity contribution in [1.82, 2.24) is 0 Å². The van der Waals surface area contributed by atoms with Crippen molar-refractivity contribution in [3.05, 3.63) is 48.0 Å². The van der Waals surface area contributed by atoms with Crippen molar-refractivity contribution >= 4 is 23.2 Å². The van der Waals surface area contributed by atoms with E-state index >= 15 is 0 Å². The van der Waals surface area contributed by atoms with E-state index < -0.39 is 0 Å². The number of benzene rings is 2. The highest BCUT2D eigenvalue weighted by Gasteiger charge is 2.24. The number of fused-ring (bicyclic) bond motifs is 1.